The Balaban J connectivity index is 1.46. The van der Waals surface area contributed by atoms with Crippen LogP contribution in [0.3, 0.4) is 0 Å². The third kappa shape index (κ3) is 4.40. The van der Waals surface area contributed by atoms with Crippen molar-refractivity contribution in [2.75, 3.05) is 13.2 Å². The van der Waals surface area contributed by atoms with Crippen LogP contribution in [0, 0.1) is 5.92 Å². The molecule has 134 valence electrons. The minimum atomic E-state index is 0.358. The summed E-state index contributed by atoms with van der Waals surface area (Å²) >= 11 is 0. The summed E-state index contributed by atoms with van der Waals surface area (Å²) in [5.74, 6) is 0.504. The molecular weight excluding hydrogens is 294 g/mol. The Kier molecular flexibility index (Phi) is 6.74. The molecular formula is C22H35NO. The summed E-state index contributed by atoms with van der Waals surface area (Å²) in [6.07, 6.45) is 13.3. The Labute approximate surface area is 148 Å². The van der Waals surface area contributed by atoms with E-state index in [-0.39, 0.29) is 0 Å². The molecule has 3 rings (SSSR count). The molecule has 1 N–H and O–H groups in total. The minimum Gasteiger partial charge on any atom is -0.396 e. The van der Waals surface area contributed by atoms with Crippen LogP contribution in [0.25, 0.3) is 0 Å². The van der Waals surface area contributed by atoms with E-state index in [2.05, 4.69) is 36.1 Å². The number of rotatable bonds is 9. The van der Waals surface area contributed by atoms with Crippen LogP contribution in [-0.4, -0.2) is 29.2 Å². The fourth-order valence-corrected chi connectivity index (χ4v) is 4.73. The zero-order chi connectivity index (χ0) is 16.8. The van der Waals surface area contributed by atoms with Gasteiger partial charge in [-0.2, -0.15) is 0 Å². The van der Waals surface area contributed by atoms with Crippen LogP contribution in [0.4, 0.5) is 0 Å². The van der Waals surface area contributed by atoms with Gasteiger partial charge in [-0.25, -0.2) is 0 Å². The van der Waals surface area contributed by atoms with E-state index >= 15 is 0 Å². The van der Waals surface area contributed by atoms with Crippen LogP contribution in [-0.2, 0) is 6.42 Å². The van der Waals surface area contributed by atoms with E-state index in [9.17, 15) is 5.11 Å². The van der Waals surface area contributed by atoms with Gasteiger partial charge in [0.25, 0.3) is 0 Å². The Morgan fingerprint density at radius 1 is 1.00 bits per heavy atom. The zero-order valence-electron chi connectivity index (χ0n) is 15.4. The van der Waals surface area contributed by atoms with Crippen molar-refractivity contribution in [2.24, 2.45) is 5.92 Å². The molecule has 1 aromatic rings. The van der Waals surface area contributed by atoms with Gasteiger partial charge in [-0.05, 0) is 49.1 Å². The molecule has 0 radical (unpaired) electrons. The topological polar surface area (TPSA) is 23.5 Å². The van der Waals surface area contributed by atoms with Gasteiger partial charge in [0.15, 0.2) is 0 Å². The van der Waals surface area contributed by atoms with Crippen molar-refractivity contribution in [3.05, 3.63) is 35.4 Å². The first kappa shape index (κ1) is 17.9. The van der Waals surface area contributed by atoms with Crippen molar-refractivity contribution < 1.29 is 5.11 Å². The molecule has 2 saturated heterocycles. The number of benzene rings is 1. The average Bonchev–Trinajstić information content (AvgIpc) is 3.19. The lowest BCUT2D eigenvalue weighted by Crippen LogP contribution is -2.26. The second kappa shape index (κ2) is 9.01. The maximum atomic E-state index is 9.44. The molecule has 2 heteroatoms. The van der Waals surface area contributed by atoms with Crippen LogP contribution in [0.5, 0.6) is 0 Å². The first-order valence-corrected chi connectivity index (χ1v) is 10.3. The monoisotopic (exact) mass is 329 g/mol. The molecule has 0 spiro atoms. The molecule has 0 bridgehead atoms. The molecule has 0 amide bonds. The number of aliphatic hydroxyl groups is 1. The van der Waals surface area contributed by atoms with Crippen molar-refractivity contribution in [3.8, 4) is 0 Å². The minimum absolute atomic E-state index is 0.358. The Morgan fingerprint density at radius 2 is 1.75 bits per heavy atom. The Hall–Kier alpha value is -0.860. The quantitative estimate of drug-likeness (QED) is 0.637. The average molecular weight is 330 g/mol. The first-order chi connectivity index (χ1) is 11.8. The molecule has 2 aliphatic heterocycles. The predicted molar refractivity (Wildman–Crippen MR) is 101 cm³/mol. The summed E-state index contributed by atoms with van der Waals surface area (Å²) in [5.41, 5.74) is 2.99. The molecule has 2 nitrogen and oxygen atoms in total. The van der Waals surface area contributed by atoms with Gasteiger partial charge in [0.2, 0.25) is 0 Å². The van der Waals surface area contributed by atoms with E-state index in [0.29, 0.717) is 18.6 Å². The number of hydrogen-bond donors (Lipinski definition) is 1. The smallest absolute Gasteiger partial charge is 0.0472 e. The number of hydrogen-bond acceptors (Lipinski definition) is 2. The molecule has 3 atom stereocenters. The lowest BCUT2D eigenvalue weighted by Gasteiger charge is -2.24. The van der Waals surface area contributed by atoms with Crippen LogP contribution in [0.1, 0.15) is 81.9 Å². The van der Waals surface area contributed by atoms with E-state index in [1.54, 1.807) is 0 Å². The van der Waals surface area contributed by atoms with Gasteiger partial charge in [0, 0.05) is 25.2 Å². The molecule has 2 aliphatic rings. The lowest BCUT2D eigenvalue weighted by atomic mass is 9.98. The van der Waals surface area contributed by atoms with E-state index in [4.69, 9.17) is 0 Å². The van der Waals surface area contributed by atoms with Gasteiger partial charge >= 0.3 is 0 Å². The normalized spacial score (nSPS) is 26.8. The standard InChI is InChI=1S/C22H35NO/c1-2-3-4-5-6-7-8-18-9-11-20(12-10-18)22-14-13-21-15-19(17-24)16-23(21)22/h9-12,19,21-22,24H,2-8,13-17H2,1H3/t19-,21-,22-/m0/s1. The van der Waals surface area contributed by atoms with Gasteiger partial charge in [-0.15, -0.1) is 0 Å². The molecule has 2 heterocycles. The highest BCUT2D eigenvalue weighted by Crippen LogP contribution is 2.42. The third-order valence-corrected chi connectivity index (χ3v) is 6.16. The molecule has 0 unspecified atom stereocenters. The second-order valence-electron chi connectivity index (χ2n) is 7.99. The lowest BCUT2D eigenvalue weighted by molar-refractivity contribution is 0.204. The van der Waals surface area contributed by atoms with Crippen molar-refractivity contribution in [1.29, 1.82) is 0 Å². The number of aliphatic hydroxyl groups excluding tert-OH is 1. The van der Waals surface area contributed by atoms with Crippen molar-refractivity contribution in [2.45, 2.75) is 83.2 Å². The van der Waals surface area contributed by atoms with Gasteiger partial charge in [-0.3, -0.25) is 4.90 Å². The number of fused-ring (bicyclic) bond motifs is 1. The van der Waals surface area contributed by atoms with E-state index < -0.39 is 0 Å². The molecule has 2 fully saturated rings. The van der Waals surface area contributed by atoms with E-state index in [1.807, 2.05) is 0 Å². The van der Waals surface area contributed by atoms with Gasteiger partial charge in [0.05, 0.1) is 0 Å². The highest BCUT2D eigenvalue weighted by atomic mass is 16.3. The largest absolute Gasteiger partial charge is 0.396 e. The first-order valence-electron chi connectivity index (χ1n) is 10.3. The number of aryl methyl sites for hydroxylation is 1. The van der Waals surface area contributed by atoms with E-state index in [0.717, 1.165) is 12.6 Å². The maximum Gasteiger partial charge on any atom is 0.0472 e. The highest BCUT2D eigenvalue weighted by Gasteiger charge is 2.41. The van der Waals surface area contributed by atoms with E-state index in [1.165, 1.54) is 75.3 Å². The van der Waals surface area contributed by atoms with Crippen LogP contribution < -0.4 is 0 Å². The van der Waals surface area contributed by atoms with Gasteiger partial charge in [0.1, 0.15) is 0 Å². The SMILES string of the molecule is CCCCCCCCc1ccc([C@@H]2CC[C@H]3C[C@H](CO)CN32)cc1. The maximum absolute atomic E-state index is 9.44. The van der Waals surface area contributed by atoms with Crippen LogP contribution >= 0.6 is 0 Å². The molecule has 1 aromatic carbocycles. The summed E-state index contributed by atoms with van der Waals surface area (Å²) in [6.45, 7) is 3.72. The van der Waals surface area contributed by atoms with Crippen LogP contribution in [0.2, 0.25) is 0 Å². The second-order valence-corrected chi connectivity index (χ2v) is 7.99. The summed E-state index contributed by atoms with van der Waals surface area (Å²) < 4.78 is 0. The zero-order valence-corrected chi connectivity index (χ0v) is 15.4. The fraction of sp³-hybridized carbons (Fsp3) is 0.727. The molecule has 0 aromatic heterocycles. The summed E-state index contributed by atoms with van der Waals surface area (Å²) in [6, 6.07) is 10.8. The molecule has 0 saturated carbocycles. The van der Waals surface area contributed by atoms with Crippen molar-refractivity contribution >= 4 is 0 Å². The van der Waals surface area contributed by atoms with Gasteiger partial charge < -0.3 is 5.11 Å². The summed E-state index contributed by atoms with van der Waals surface area (Å²) in [7, 11) is 0. The fourth-order valence-electron chi connectivity index (χ4n) is 4.73. The number of unbranched alkanes of at least 4 members (excludes halogenated alkanes) is 5. The Bertz CT molecular complexity index is 483. The highest BCUT2D eigenvalue weighted by molar-refractivity contribution is 5.26. The predicted octanol–water partition coefficient (Wildman–Crippen LogP) is 5.11. The summed E-state index contributed by atoms with van der Waals surface area (Å²) in [5, 5.41) is 9.44. The van der Waals surface area contributed by atoms with Crippen molar-refractivity contribution in [1.82, 2.24) is 4.90 Å². The molecule has 24 heavy (non-hydrogen) atoms. The Morgan fingerprint density at radius 3 is 2.50 bits per heavy atom. The molecule has 0 aliphatic carbocycles. The van der Waals surface area contributed by atoms with Crippen molar-refractivity contribution in [3.63, 3.8) is 0 Å². The van der Waals surface area contributed by atoms with Crippen LogP contribution in [0.15, 0.2) is 24.3 Å². The van der Waals surface area contributed by atoms with Gasteiger partial charge in [-0.1, -0.05) is 63.3 Å². The number of nitrogens with zero attached hydrogens (tertiary/aromatic N) is 1. The summed E-state index contributed by atoms with van der Waals surface area (Å²) in [4.78, 5) is 2.66. The third-order valence-electron chi connectivity index (χ3n) is 6.16.